The Morgan fingerprint density at radius 2 is 1.68 bits per heavy atom. The Hall–Kier alpha value is -4.20. The molecule has 1 aliphatic rings. The molecule has 0 spiro atoms. The number of ether oxygens (including phenoxy) is 1. The number of hydrogen-bond acceptors (Lipinski definition) is 6. The lowest BCUT2D eigenvalue weighted by Crippen LogP contribution is -2.47. The minimum atomic E-state index is -0.527. The van der Waals surface area contributed by atoms with E-state index in [0.29, 0.717) is 12.2 Å². The van der Waals surface area contributed by atoms with Crippen molar-refractivity contribution in [2.75, 3.05) is 44.2 Å². The summed E-state index contributed by atoms with van der Waals surface area (Å²) in [5, 5.41) is 11.1. The van der Waals surface area contributed by atoms with Crippen molar-refractivity contribution < 1.29 is 14.7 Å². The zero-order chi connectivity index (χ0) is 25.5. The normalized spacial score (nSPS) is 14.5. The number of anilines is 1. The number of nitrogens with zero attached hydrogens (tertiary/aromatic N) is 3. The fraction of sp³-hybridized carbons (Fsp3) is 0.200. The van der Waals surface area contributed by atoms with Gasteiger partial charge in [-0.05, 0) is 46.9 Å². The second-order valence-electron chi connectivity index (χ2n) is 9.08. The predicted molar refractivity (Wildman–Crippen MR) is 146 cm³/mol. The van der Waals surface area contributed by atoms with Gasteiger partial charge in [0.2, 0.25) is 0 Å². The number of amides is 1. The highest BCUT2D eigenvalue weighted by atomic mass is 16.5. The zero-order valence-corrected chi connectivity index (χ0v) is 20.6. The molecule has 2 heterocycles. The van der Waals surface area contributed by atoms with Crippen LogP contribution in [-0.4, -0.2) is 60.3 Å². The summed E-state index contributed by atoms with van der Waals surface area (Å²) in [5.74, 6) is 1.35. The highest BCUT2D eigenvalue weighted by molar-refractivity contribution is 5.93. The van der Waals surface area contributed by atoms with Crippen LogP contribution in [0.4, 0.5) is 5.82 Å². The van der Waals surface area contributed by atoms with E-state index >= 15 is 0 Å². The fourth-order valence-corrected chi connectivity index (χ4v) is 4.62. The molecule has 1 amide bonds. The largest absolute Gasteiger partial charge is 0.489 e. The van der Waals surface area contributed by atoms with Gasteiger partial charge in [0.25, 0.3) is 5.91 Å². The summed E-state index contributed by atoms with van der Waals surface area (Å²) in [6.07, 6.45) is 3.96. The molecule has 0 aliphatic carbocycles. The topological polar surface area (TPSA) is 77.9 Å². The van der Waals surface area contributed by atoms with Crippen LogP contribution in [-0.2, 0) is 0 Å². The van der Waals surface area contributed by atoms with Gasteiger partial charge in [-0.25, -0.2) is 10.5 Å². The van der Waals surface area contributed by atoms with Gasteiger partial charge in [0.1, 0.15) is 18.2 Å². The van der Waals surface area contributed by atoms with Crippen LogP contribution in [0.25, 0.3) is 16.8 Å². The Morgan fingerprint density at radius 3 is 2.43 bits per heavy atom. The van der Waals surface area contributed by atoms with Crippen molar-refractivity contribution in [3.63, 3.8) is 0 Å². The maximum Gasteiger partial charge on any atom is 0.274 e. The molecular weight excluding hydrogens is 464 g/mol. The van der Waals surface area contributed by atoms with Crippen molar-refractivity contribution in [2.45, 2.75) is 0 Å². The molecule has 2 N–H and O–H groups in total. The molecular formula is C30H30N4O3. The molecule has 188 valence electrons. The smallest absolute Gasteiger partial charge is 0.274 e. The molecule has 7 nitrogen and oxygen atoms in total. The van der Waals surface area contributed by atoms with Gasteiger partial charge in [-0.15, -0.1) is 0 Å². The van der Waals surface area contributed by atoms with E-state index in [4.69, 9.17) is 9.94 Å². The molecule has 1 aliphatic heterocycles. The Bertz CT molecular complexity index is 1360. The van der Waals surface area contributed by atoms with Gasteiger partial charge >= 0.3 is 0 Å². The first-order valence-electron chi connectivity index (χ1n) is 12.4. The molecule has 0 atom stereocenters. The average molecular weight is 495 g/mol. The third-order valence-corrected chi connectivity index (χ3v) is 6.58. The quantitative estimate of drug-likeness (QED) is 0.275. The van der Waals surface area contributed by atoms with E-state index in [0.717, 1.165) is 66.2 Å². The van der Waals surface area contributed by atoms with Crippen LogP contribution in [0, 0.1) is 0 Å². The number of benzene rings is 3. The number of fused-ring (bicyclic) bond motifs is 1. The van der Waals surface area contributed by atoms with Gasteiger partial charge < -0.3 is 9.64 Å². The number of piperazine rings is 1. The first-order valence-corrected chi connectivity index (χ1v) is 12.4. The average Bonchev–Trinajstić information content (AvgIpc) is 2.96. The predicted octanol–water partition coefficient (Wildman–Crippen LogP) is 4.64. The third kappa shape index (κ3) is 6.14. The van der Waals surface area contributed by atoms with Gasteiger partial charge in [-0.1, -0.05) is 60.7 Å². The number of hydrogen-bond donors (Lipinski definition) is 2. The Labute approximate surface area is 216 Å². The third-order valence-electron chi connectivity index (χ3n) is 6.58. The molecule has 0 unspecified atom stereocenters. The molecule has 3 aromatic carbocycles. The SMILES string of the molecule is O=C(NO)c1ccc(C=C(COc2cccc3ccccc23)CN2CCN(c3ccccn3)CC2)cc1. The lowest BCUT2D eigenvalue weighted by Gasteiger charge is -2.35. The summed E-state index contributed by atoms with van der Waals surface area (Å²) in [4.78, 5) is 20.9. The molecule has 1 saturated heterocycles. The molecule has 1 aromatic heterocycles. The summed E-state index contributed by atoms with van der Waals surface area (Å²) in [6.45, 7) is 4.92. The number of aromatic nitrogens is 1. The van der Waals surface area contributed by atoms with Crippen molar-refractivity contribution in [3.05, 3.63) is 108 Å². The van der Waals surface area contributed by atoms with Crippen molar-refractivity contribution >= 4 is 28.6 Å². The molecule has 0 saturated carbocycles. The number of rotatable bonds is 8. The number of carbonyl (C=O) groups is 1. The molecule has 4 aromatic rings. The van der Waals surface area contributed by atoms with E-state index in [9.17, 15) is 4.79 Å². The van der Waals surface area contributed by atoms with Gasteiger partial charge in [0.05, 0.1) is 0 Å². The van der Waals surface area contributed by atoms with Crippen molar-refractivity contribution in [1.29, 1.82) is 0 Å². The number of nitrogens with one attached hydrogen (secondary N) is 1. The van der Waals surface area contributed by atoms with Gasteiger partial charge in [0, 0.05) is 49.9 Å². The van der Waals surface area contributed by atoms with Crippen LogP contribution >= 0.6 is 0 Å². The maximum atomic E-state index is 11.7. The van der Waals surface area contributed by atoms with Crippen LogP contribution in [0.5, 0.6) is 5.75 Å². The van der Waals surface area contributed by atoms with E-state index in [1.807, 2.05) is 54.7 Å². The van der Waals surface area contributed by atoms with E-state index in [1.165, 1.54) is 0 Å². The molecule has 37 heavy (non-hydrogen) atoms. The van der Waals surface area contributed by atoms with Gasteiger partial charge in [0.15, 0.2) is 0 Å². The van der Waals surface area contributed by atoms with Gasteiger partial charge in [-0.3, -0.25) is 14.9 Å². The van der Waals surface area contributed by atoms with Crippen LogP contribution < -0.4 is 15.1 Å². The molecule has 1 fully saturated rings. The number of carbonyl (C=O) groups excluding carboxylic acids is 1. The van der Waals surface area contributed by atoms with E-state index in [-0.39, 0.29) is 0 Å². The number of hydroxylamine groups is 1. The molecule has 0 radical (unpaired) electrons. The summed E-state index contributed by atoms with van der Waals surface area (Å²) < 4.78 is 6.35. The Morgan fingerprint density at radius 1 is 0.919 bits per heavy atom. The Balaban J connectivity index is 1.32. The van der Waals surface area contributed by atoms with Gasteiger partial charge in [-0.2, -0.15) is 0 Å². The summed E-state index contributed by atoms with van der Waals surface area (Å²) in [7, 11) is 0. The summed E-state index contributed by atoms with van der Waals surface area (Å²) in [6, 6.07) is 27.5. The second-order valence-corrected chi connectivity index (χ2v) is 9.08. The standard InChI is InChI=1S/C30H30N4O3/c35-30(32-36)26-13-11-23(12-14-26)20-24(22-37-28-9-5-7-25-6-1-2-8-27(25)28)21-33-16-18-34(19-17-33)29-10-3-4-15-31-29/h1-15,20,36H,16-19,21-22H2,(H,32,35). The monoisotopic (exact) mass is 494 g/mol. The first kappa shape index (κ1) is 24.5. The highest BCUT2D eigenvalue weighted by Crippen LogP contribution is 2.26. The van der Waals surface area contributed by atoms with Crippen LogP contribution in [0.3, 0.4) is 0 Å². The molecule has 5 rings (SSSR count). The van der Waals surface area contributed by atoms with E-state index in [2.05, 4.69) is 45.1 Å². The fourth-order valence-electron chi connectivity index (χ4n) is 4.62. The van der Waals surface area contributed by atoms with Crippen molar-refractivity contribution in [1.82, 2.24) is 15.4 Å². The van der Waals surface area contributed by atoms with E-state index < -0.39 is 5.91 Å². The number of pyridine rings is 1. The van der Waals surface area contributed by atoms with Crippen LogP contribution in [0.1, 0.15) is 15.9 Å². The first-order chi connectivity index (χ1) is 18.2. The molecule has 0 bridgehead atoms. The van der Waals surface area contributed by atoms with Crippen LogP contribution in [0.2, 0.25) is 0 Å². The Kier molecular flexibility index (Phi) is 7.74. The highest BCUT2D eigenvalue weighted by Gasteiger charge is 2.19. The zero-order valence-electron chi connectivity index (χ0n) is 20.6. The lowest BCUT2D eigenvalue weighted by atomic mass is 10.1. The van der Waals surface area contributed by atoms with Crippen LogP contribution in [0.15, 0.2) is 96.7 Å². The maximum absolute atomic E-state index is 11.7. The summed E-state index contributed by atoms with van der Waals surface area (Å²) >= 11 is 0. The minimum Gasteiger partial charge on any atom is -0.489 e. The van der Waals surface area contributed by atoms with E-state index in [1.54, 1.807) is 17.6 Å². The molecule has 7 heteroatoms. The second kappa shape index (κ2) is 11.7. The summed E-state index contributed by atoms with van der Waals surface area (Å²) in [5.41, 5.74) is 4.18. The minimum absolute atomic E-state index is 0.402. The lowest BCUT2D eigenvalue weighted by molar-refractivity contribution is 0.0706. The van der Waals surface area contributed by atoms with Crippen molar-refractivity contribution in [2.24, 2.45) is 0 Å². The van der Waals surface area contributed by atoms with Crippen molar-refractivity contribution in [3.8, 4) is 5.75 Å².